The highest BCUT2D eigenvalue weighted by Crippen LogP contribution is 2.36. The summed E-state index contributed by atoms with van der Waals surface area (Å²) < 4.78 is 17.4. The molecule has 0 aliphatic carbocycles. The molecule has 11 heteroatoms. The summed E-state index contributed by atoms with van der Waals surface area (Å²) >= 11 is 1.29. The number of benzene rings is 2. The van der Waals surface area contributed by atoms with Gasteiger partial charge < -0.3 is 14.8 Å². The van der Waals surface area contributed by atoms with Gasteiger partial charge in [-0.3, -0.25) is 14.9 Å². The van der Waals surface area contributed by atoms with E-state index in [1.807, 2.05) is 10.6 Å². The lowest BCUT2D eigenvalue weighted by atomic mass is 9.98. The maximum atomic E-state index is 15.4. The Kier molecular flexibility index (Phi) is 7.34. The summed E-state index contributed by atoms with van der Waals surface area (Å²) in [7, 11) is 0. The third kappa shape index (κ3) is 5.01. The van der Waals surface area contributed by atoms with Crippen LogP contribution in [0.25, 0.3) is 0 Å². The summed E-state index contributed by atoms with van der Waals surface area (Å²) in [6, 6.07) is 8.09. The number of rotatable bonds is 4. The highest BCUT2D eigenvalue weighted by molar-refractivity contribution is 7.13. The van der Waals surface area contributed by atoms with Crippen molar-refractivity contribution >= 4 is 40.7 Å². The van der Waals surface area contributed by atoms with Gasteiger partial charge in [0.05, 0.1) is 18.6 Å². The van der Waals surface area contributed by atoms with E-state index in [4.69, 9.17) is 0 Å². The van der Waals surface area contributed by atoms with E-state index in [-0.39, 0.29) is 30.1 Å². The lowest BCUT2D eigenvalue weighted by Gasteiger charge is -2.26. The number of hydrogen-bond donors (Lipinski definition) is 2. The summed E-state index contributed by atoms with van der Waals surface area (Å²) in [4.78, 5) is 37.5. The number of anilines is 1. The van der Waals surface area contributed by atoms with E-state index >= 15 is 4.39 Å². The molecular weight excluding hydrogens is 563 g/mol. The molecule has 0 radical (unpaired) electrons. The van der Waals surface area contributed by atoms with Crippen LogP contribution in [0.2, 0.25) is 0 Å². The van der Waals surface area contributed by atoms with E-state index in [0.717, 1.165) is 50.2 Å². The Labute approximate surface area is 246 Å². The number of amides is 2. The van der Waals surface area contributed by atoms with Crippen LogP contribution in [0, 0.1) is 17.7 Å². The monoisotopic (exact) mass is 588 g/mol. The second kappa shape index (κ2) is 11.1. The van der Waals surface area contributed by atoms with Gasteiger partial charge in [0, 0.05) is 52.6 Å². The molecule has 1 unspecified atom stereocenters. The molecule has 0 bridgehead atoms. The molecule has 5 heterocycles. The van der Waals surface area contributed by atoms with Gasteiger partial charge in [0.15, 0.2) is 11.2 Å². The molecule has 8 nitrogen and oxygen atoms in total. The van der Waals surface area contributed by atoms with Gasteiger partial charge in [-0.1, -0.05) is 17.9 Å². The molecule has 2 aromatic heterocycles. The van der Waals surface area contributed by atoms with Crippen LogP contribution in [0.4, 0.5) is 9.52 Å². The largest absolute Gasteiger partial charge is 0.334 e. The number of imidazole rings is 1. The minimum Gasteiger partial charge on any atom is -0.334 e. The van der Waals surface area contributed by atoms with Gasteiger partial charge in [0.1, 0.15) is 5.82 Å². The van der Waals surface area contributed by atoms with Crippen LogP contribution in [-0.2, 0) is 37.3 Å². The van der Waals surface area contributed by atoms with Crippen molar-refractivity contribution in [1.82, 2.24) is 24.8 Å². The van der Waals surface area contributed by atoms with Gasteiger partial charge in [-0.05, 0) is 61.2 Å². The summed E-state index contributed by atoms with van der Waals surface area (Å²) in [5.41, 5.74) is 5.74. The molecule has 0 spiro atoms. The third-order valence-corrected chi connectivity index (χ3v) is 8.42. The number of thiazole rings is 1. The zero-order chi connectivity index (χ0) is 27.2. The van der Waals surface area contributed by atoms with E-state index in [0.29, 0.717) is 16.4 Å². The van der Waals surface area contributed by atoms with Crippen LogP contribution in [0.15, 0.2) is 48.2 Å². The number of carbonyl (C=O) groups is 2. The van der Waals surface area contributed by atoms with Crippen LogP contribution < -0.4 is 10.6 Å². The summed E-state index contributed by atoms with van der Waals surface area (Å²) in [5, 5.41) is 8.36. The number of halogens is 2. The smallest absolute Gasteiger partial charge is 0.255 e. The molecule has 2 aromatic carbocycles. The van der Waals surface area contributed by atoms with Gasteiger partial charge in [-0.25, -0.2) is 14.4 Å². The zero-order valence-corrected chi connectivity index (χ0v) is 23.6. The predicted octanol–water partition coefficient (Wildman–Crippen LogP) is 4.23. The minimum absolute atomic E-state index is 0. The first-order valence-corrected chi connectivity index (χ1v) is 14.2. The Morgan fingerprint density at radius 2 is 2.00 bits per heavy atom. The first kappa shape index (κ1) is 27.1. The SMILES string of the molecule is Cl.O=C(Nc1nccs1)C(c1ncn2c1CCC2)N1Cc2c(F)cc(C#Cc3ccc4c(c3)CCNC4)cc2C1=O. The molecule has 41 heavy (non-hydrogen) atoms. The molecule has 3 aliphatic heterocycles. The molecule has 1 atom stereocenters. The van der Waals surface area contributed by atoms with Crippen LogP contribution in [0.5, 0.6) is 0 Å². The highest BCUT2D eigenvalue weighted by Gasteiger charge is 2.42. The number of carbonyl (C=O) groups excluding carboxylic acids is 2. The van der Waals surface area contributed by atoms with Gasteiger partial charge in [0.25, 0.3) is 11.8 Å². The van der Waals surface area contributed by atoms with E-state index in [1.54, 1.807) is 24.0 Å². The number of aryl methyl sites for hydroxylation is 1. The Morgan fingerprint density at radius 3 is 2.85 bits per heavy atom. The van der Waals surface area contributed by atoms with Crippen molar-refractivity contribution in [3.8, 4) is 11.8 Å². The number of nitrogens with zero attached hydrogens (tertiary/aromatic N) is 4. The average molecular weight is 589 g/mol. The van der Waals surface area contributed by atoms with Crippen LogP contribution >= 0.6 is 23.7 Å². The fraction of sp³-hybridized carbons (Fsp3) is 0.267. The topological polar surface area (TPSA) is 92.2 Å². The second-order valence-electron chi connectivity index (χ2n) is 10.2. The number of hydrogen-bond acceptors (Lipinski definition) is 6. The molecule has 4 aromatic rings. The highest BCUT2D eigenvalue weighted by atomic mass is 35.5. The van der Waals surface area contributed by atoms with Crippen molar-refractivity contribution in [2.24, 2.45) is 0 Å². The number of aromatic nitrogens is 3. The van der Waals surface area contributed by atoms with Crippen molar-refractivity contribution in [2.75, 3.05) is 11.9 Å². The lowest BCUT2D eigenvalue weighted by Crippen LogP contribution is -2.38. The molecule has 0 fully saturated rings. The molecule has 208 valence electrons. The first-order chi connectivity index (χ1) is 19.5. The Morgan fingerprint density at radius 1 is 1.12 bits per heavy atom. The van der Waals surface area contributed by atoms with Crippen molar-refractivity contribution in [1.29, 1.82) is 0 Å². The summed E-state index contributed by atoms with van der Waals surface area (Å²) in [5.74, 6) is 4.81. The van der Waals surface area contributed by atoms with Gasteiger partial charge in [0.2, 0.25) is 0 Å². The third-order valence-electron chi connectivity index (χ3n) is 7.73. The number of fused-ring (bicyclic) bond motifs is 3. The molecule has 3 aliphatic rings. The molecule has 0 saturated heterocycles. The van der Waals surface area contributed by atoms with E-state index < -0.39 is 23.7 Å². The Balaban J connectivity index is 0.00000302. The molecule has 0 saturated carbocycles. The van der Waals surface area contributed by atoms with Gasteiger partial charge >= 0.3 is 0 Å². The fourth-order valence-corrected chi connectivity index (χ4v) is 6.30. The Hall–Kier alpha value is -4.04. The lowest BCUT2D eigenvalue weighted by molar-refractivity contribution is -0.121. The quantitative estimate of drug-likeness (QED) is 0.348. The van der Waals surface area contributed by atoms with E-state index in [9.17, 15) is 9.59 Å². The minimum atomic E-state index is -1.02. The maximum Gasteiger partial charge on any atom is 0.255 e. The van der Waals surface area contributed by atoms with Crippen molar-refractivity contribution in [2.45, 2.75) is 44.9 Å². The first-order valence-electron chi connectivity index (χ1n) is 13.3. The van der Waals surface area contributed by atoms with Crippen molar-refractivity contribution < 1.29 is 14.0 Å². The Bertz CT molecular complexity index is 1720. The second-order valence-corrected chi connectivity index (χ2v) is 11.1. The van der Waals surface area contributed by atoms with Gasteiger partial charge in [-0.2, -0.15) is 0 Å². The van der Waals surface area contributed by atoms with E-state index in [1.165, 1.54) is 33.4 Å². The van der Waals surface area contributed by atoms with Crippen LogP contribution in [0.1, 0.15) is 62.0 Å². The van der Waals surface area contributed by atoms with E-state index in [2.05, 4.69) is 44.6 Å². The maximum absolute atomic E-state index is 15.4. The van der Waals surface area contributed by atoms with Crippen molar-refractivity contribution in [3.05, 3.63) is 98.8 Å². The van der Waals surface area contributed by atoms with Crippen LogP contribution in [0.3, 0.4) is 0 Å². The molecule has 2 N–H and O–H groups in total. The molecular formula is C30H26ClFN6O2S. The number of nitrogens with one attached hydrogen (secondary N) is 2. The predicted molar refractivity (Wildman–Crippen MR) is 155 cm³/mol. The fourth-order valence-electron chi connectivity index (χ4n) is 5.77. The van der Waals surface area contributed by atoms with Gasteiger partial charge in [-0.15, -0.1) is 23.7 Å². The van der Waals surface area contributed by atoms with Crippen molar-refractivity contribution in [3.63, 3.8) is 0 Å². The normalized spacial score (nSPS) is 15.7. The zero-order valence-electron chi connectivity index (χ0n) is 21.9. The standard InChI is InChI=1S/C30H25FN6O2S.ClH/c31-24-14-19(4-3-18-5-6-21-15-32-8-7-20(21)12-18)13-22-23(24)16-37(29(22)39)27(28(38)35-30-33-9-11-40-30)26-25-2-1-10-36(25)17-34-26;/h5-6,9,11-14,17,27,32H,1-2,7-8,10,15-16H2,(H,33,35,38);1H. The van der Waals surface area contributed by atoms with Crippen LogP contribution in [-0.4, -0.2) is 37.8 Å². The average Bonchev–Trinajstić information content (AvgIpc) is 3.76. The summed E-state index contributed by atoms with van der Waals surface area (Å²) in [6.45, 7) is 2.56. The molecule has 2 amide bonds. The summed E-state index contributed by atoms with van der Waals surface area (Å²) in [6.07, 6.45) is 5.95. The molecule has 7 rings (SSSR count).